The molecule has 0 radical (unpaired) electrons. The fraction of sp³-hybridized carbons (Fsp3) is 0.179. The van der Waals surface area contributed by atoms with E-state index in [1.807, 2.05) is 24.4 Å². The Kier molecular flexibility index (Phi) is 4.74. The van der Waals surface area contributed by atoms with Gasteiger partial charge >= 0.3 is 0 Å². The molecule has 3 aromatic heterocycles. The number of nitrogens with zero attached hydrogens (tertiary/aromatic N) is 4. The molecule has 1 aliphatic carbocycles. The van der Waals surface area contributed by atoms with E-state index in [1.165, 1.54) is 23.3 Å². The quantitative estimate of drug-likeness (QED) is 0.308. The van der Waals surface area contributed by atoms with Gasteiger partial charge in [0.05, 0.1) is 35.3 Å². The summed E-state index contributed by atoms with van der Waals surface area (Å²) in [5.41, 5.74) is 13.4. The summed E-state index contributed by atoms with van der Waals surface area (Å²) in [6, 6.07) is 20.9. The Balaban J connectivity index is 1.52. The summed E-state index contributed by atoms with van der Waals surface area (Å²) in [5, 5.41) is 4.12. The summed E-state index contributed by atoms with van der Waals surface area (Å²) < 4.78 is 7.61. The van der Waals surface area contributed by atoms with Crippen LogP contribution in [0, 0.1) is 0 Å². The van der Waals surface area contributed by atoms with Crippen LogP contribution in [0.3, 0.4) is 0 Å². The van der Waals surface area contributed by atoms with Crippen molar-refractivity contribution in [3.05, 3.63) is 78.6 Å². The average molecular weight is 493 g/mol. The van der Waals surface area contributed by atoms with E-state index in [-0.39, 0.29) is 5.54 Å². The first kappa shape index (κ1) is 21.3. The number of nitrogens with one attached hydrogen (secondary N) is 1. The molecule has 8 heteroatoms. The minimum atomic E-state index is -0.208. The first-order chi connectivity index (χ1) is 17.6. The zero-order valence-corrected chi connectivity index (χ0v) is 20.5. The van der Waals surface area contributed by atoms with Gasteiger partial charge in [-0.15, -0.1) is 0 Å². The van der Waals surface area contributed by atoms with Gasteiger partial charge < -0.3 is 15.8 Å². The third-order valence-corrected chi connectivity index (χ3v) is 8.16. The van der Waals surface area contributed by atoms with Gasteiger partial charge in [-0.3, -0.25) is 4.57 Å². The maximum Gasteiger partial charge on any atom is 0.273 e. The van der Waals surface area contributed by atoms with E-state index >= 15 is 0 Å². The fourth-order valence-corrected chi connectivity index (χ4v) is 5.85. The third kappa shape index (κ3) is 3.18. The largest absolute Gasteiger partial charge is 0.473 e. The number of fused-ring (bicyclic) bond motifs is 5. The zero-order chi connectivity index (χ0) is 24.3. The Morgan fingerprint density at radius 2 is 1.86 bits per heavy atom. The lowest BCUT2D eigenvalue weighted by Crippen LogP contribution is -2.43. The lowest BCUT2D eigenvalue weighted by molar-refractivity contribution is 0.253. The number of imidazole rings is 1. The van der Waals surface area contributed by atoms with Crippen LogP contribution in [0.5, 0.6) is 5.19 Å². The number of nitrogens with two attached hydrogens (primary N) is 1. The van der Waals surface area contributed by atoms with Crippen LogP contribution in [-0.4, -0.2) is 26.6 Å². The SMILES string of the molecule is COc1ncc(-c2nc3n(c2-c2ccc(C4(N)CCC4)cc2)-c2cccnc2Nc2ccccc2-3)s1. The van der Waals surface area contributed by atoms with Crippen molar-refractivity contribution in [2.45, 2.75) is 24.8 Å². The number of thiazole rings is 1. The maximum atomic E-state index is 6.63. The summed E-state index contributed by atoms with van der Waals surface area (Å²) in [5.74, 6) is 1.63. The fourth-order valence-electron chi connectivity index (χ4n) is 5.13. The second kappa shape index (κ2) is 8.01. The molecule has 0 saturated heterocycles. The molecular weight excluding hydrogens is 468 g/mol. The standard InChI is InChI=1S/C28H24N6OS/c1-35-27-31-16-22(36-27)23-24(17-9-11-18(12-10-17)28(29)13-5-14-28)34-21-8-4-15-30-25(21)32-20-7-3-2-6-19(20)26(34)33-23/h2-4,6-12,15-16H,5,13-14,29H2,1H3,(H,30,32). The van der Waals surface area contributed by atoms with Crippen molar-refractivity contribution < 1.29 is 4.74 Å². The van der Waals surface area contributed by atoms with Crippen molar-refractivity contribution >= 4 is 22.8 Å². The number of rotatable bonds is 4. The van der Waals surface area contributed by atoms with Crippen molar-refractivity contribution in [2.24, 2.45) is 5.73 Å². The minimum Gasteiger partial charge on any atom is -0.473 e. The van der Waals surface area contributed by atoms with E-state index in [9.17, 15) is 0 Å². The van der Waals surface area contributed by atoms with E-state index in [1.54, 1.807) is 13.3 Å². The van der Waals surface area contributed by atoms with Crippen molar-refractivity contribution in [3.63, 3.8) is 0 Å². The highest BCUT2D eigenvalue weighted by Gasteiger charge is 2.34. The smallest absolute Gasteiger partial charge is 0.273 e. The summed E-state index contributed by atoms with van der Waals surface area (Å²) >= 11 is 1.49. The summed E-state index contributed by atoms with van der Waals surface area (Å²) in [6.45, 7) is 0. The highest BCUT2D eigenvalue weighted by molar-refractivity contribution is 7.16. The molecule has 1 saturated carbocycles. The molecule has 7 nitrogen and oxygen atoms in total. The van der Waals surface area contributed by atoms with E-state index in [2.05, 4.69) is 62.3 Å². The van der Waals surface area contributed by atoms with Crippen LogP contribution in [0.4, 0.5) is 11.5 Å². The minimum absolute atomic E-state index is 0.208. The van der Waals surface area contributed by atoms with Gasteiger partial charge in [0.1, 0.15) is 11.5 Å². The second-order valence-corrected chi connectivity index (χ2v) is 10.3. The number of pyridine rings is 1. The second-order valence-electron chi connectivity index (χ2n) is 9.29. The van der Waals surface area contributed by atoms with Gasteiger partial charge in [0.15, 0.2) is 5.82 Å². The van der Waals surface area contributed by atoms with Gasteiger partial charge in [-0.25, -0.2) is 15.0 Å². The zero-order valence-electron chi connectivity index (χ0n) is 19.7. The predicted octanol–water partition coefficient (Wildman–Crippen LogP) is 6.13. The lowest BCUT2D eigenvalue weighted by Gasteiger charge is -2.38. The van der Waals surface area contributed by atoms with Crippen molar-refractivity contribution in [1.29, 1.82) is 0 Å². The molecule has 0 atom stereocenters. The number of para-hydroxylation sites is 1. The Bertz CT molecular complexity index is 1600. The molecule has 0 amide bonds. The van der Waals surface area contributed by atoms with Gasteiger partial charge in [-0.1, -0.05) is 47.7 Å². The highest BCUT2D eigenvalue weighted by atomic mass is 32.1. The van der Waals surface area contributed by atoms with Crippen LogP contribution >= 0.6 is 11.3 Å². The Morgan fingerprint density at radius 1 is 1.03 bits per heavy atom. The first-order valence-electron chi connectivity index (χ1n) is 12.0. The average Bonchev–Trinajstić information content (AvgIpc) is 3.50. The number of ether oxygens (including phenoxy) is 1. The highest BCUT2D eigenvalue weighted by Crippen LogP contribution is 2.46. The van der Waals surface area contributed by atoms with Crippen LogP contribution in [0.15, 0.2) is 73.1 Å². The Morgan fingerprint density at radius 3 is 2.61 bits per heavy atom. The number of methoxy groups -OCH3 is 1. The van der Waals surface area contributed by atoms with E-state index < -0.39 is 0 Å². The van der Waals surface area contributed by atoms with Crippen LogP contribution in [-0.2, 0) is 5.54 Å². The van der Waals surface area contributed by atoms with Gasteiger partial charge in [-0.2, -0.15) is 0 Å². The van der Waals surface area contributed by atoms with E-state index in [0.717, 1.165) is 63.3 Å². The monoisotopic (exact) mass is 492 g/mol. The summed E-state index contributed by atoms with van der Waals surface area (Å²) in [7, 11) is 1.64. The molecule has 7 rings (SSSR count). The van der Waals surface area contributed by atoms with Crippen LogP contribution < -0.4 is 15.8 Å². The van der Waals surface area contributed by atoms with Crippen molar-refractivity contribution in [1.82, 2.24) is 19.5 Å². The van der Waals surface area contributed by atoms with Crippen LogP contribution in [0.25, 0.3) is 38.9 Å². The van der Waals surface area contributed by atoms with Gasteiger partial charge in [0.2, 0.25) is 0 Å². The first-order valence-corrected chi connectivity index (χ1v) is 12.8. The normalized spacial score (nSPS) is 15.1. The topological polar surface area (TPSA) is 90.9 Å². The number of benzene rings is 2. The number of aromatic nitrogens is 4. The molecule has 0 bridgehead atoms. The molecule has 5 aromatic rings. The summed E-state index contributed by atoms with van der Waals surface area (Å²) in [4.78, 5) is 15.3. The van der Waals surface area contributed by atoms with Gasteiger partial charge in [0.25, 0.3) is 5.19 Å². The molecule has 4 heterocycles. The Labute approximate surface area is 212 Å². The molecule has 2 aliphatic rings. The summed E-state index contributed by atoms with van der Waals surface area (Å²) in [6.07, 6.45) is 6.88. The van der Waals surface area contributed by atoms with E-state index in [0.29, 0.717) is 5.19 Å². The third-order valence-electron chi connectivity index (χ3n) is 7.20. The number of hydrogen-bond donors (Lipinski definition) is 2. The Hall–Kier alpha value is -4.01. The van der Waals surface area contributed by atoms with Crippen LogP contribution in [0.2, 0.25) is 0 Å². The van der Waals surface area contributed by atoms with Crippen molar-refractivity contribution in [3.8, 4) is 44.1 Å². The van der Waals surface area contributed by atoms with Crippen LogP contribution in [0.1, 0.15) is 24.8 Å². The molecule has 0 spiro atoms. The number of anilines is 2. The van der Waals surface area contributed by atoms with Crippen molar-refractivity contribution in [2.75, 3.05) is 12.4 Å². The lowest BCUT2D eigenvalue weighted by atomic mass is 9.72. The molecule has 3 N–H and O–H groups in total. The molecular formula is C28H24N6OS. The molecule has 1 aliphatic heterocycles. The molecule has 0 unspecified atom stereocenters. The maximum absolute atomic E-state index is 6.63. The van der Waals surface area contributed by atoms with Gasteiger partial charge in [-0.05, 0) is 49.1 Å². The van der Waals surface area contributed by atoms with Gasteiger partial charge in [0, 0.05) is 22.9 Å². The molecule has 2 aromatic carbocycles. The van der Waals surface area contributed by atoms with E-state index in [4.69, 9.17) is 15.5 Å². The molecule has 1 fully saturated rings. The predicted molar refractivity (Wildman–Crippen MR) is 143 cm³/mol. The molecule has 178 valence electrons. The molecule has 36 heavy (non-hydrogen) atoms. The number of hydrogen-bond acceptors (Lipinski definition) is 7.